The Kier molecular flexibility index (Phi) is 54.1. The van der Waals surface area contributed by atoms with Gasteiger partial charge >= 0.3 is 18.2 Å². The number of carboxylic acid groups (broad SMARTS) is 2. The first-order chi connectivity index (χ1) is 49.7. The summed E-state index contributed by atoms with van der Waals surface area (Å²) in [6, 6.07) is 5.34. The Bertz CT molecular complexity index is 2520. The van der Waals surface area contributed by atoms with Crippen LogP contribution in [-0.2, 0) is 94.9 Å². The largest absolute Gasteiger partial charge is 0.467 e. The van der Waals surface area contributed by atoms with Crippen LogP contribution in [0.25, 0.3) is 0 Å². The molecule has 2 aromatic heterocycles. The predicted octanol–water partition coefficient (Wildman–Crippen LogP) is 2.84. The van der Waals surface area contributed by atoms with Gasteiger partial charge in [-0.25, -0.2) is 34.4 Å². The highest BCUT2D eigenvalue weighted by atomic mass is 16.6. The summed E-state index contributed by atoms with van der Waals surface area (Å²) in [5.41, 5.74) is 4.71. The Morgan fingerprint density at radius 1 is 0.379 bits per heavy atom. The summed E-state index contributed by atoms with van der Waals surface area (Å²) in [5.74, 6) is -1.15. The third-order valence-corrected chi connectivity index (χ3v) is 13.5. The van der Waals surface area contributed by atoms with Gasteiger partial charge in [-0.3, -0.25) is 30.0 Å². The smallest absolute Gasteiger partial charge is 0.426 e. The van der Waals surface area contributed by atoms with Crippen LogP contribution >= 0.6 is 0 Å². The summed E-state index contributed by atoms with van der Waals surface area (Å²) in [6.45, 7) is 23.2. The lowest BCUT2D eigenvalue weighted by Crippen LogP contribution is -2.48. The van der Waals surface area contributed by atoms with Crippen molar-refractivity contribution in [1.29, 1.82) is 0 Å². The van der Waals surface area contributed by atoms with Gasteiger partial charge in [0.1, 0.15) is 17.7 Å². The molecular weight excluding hydrogens is 1360 g/mol. The van der Waals surface area contributed by atoms with Crippen molar-refractivity contribution in [3.8, 4) is 0 Å². The van der Waals surface area contributed by atoms with Crippen LogP contribution < -0.4 is 32.1 Å². The van der Waals surface area contributed by atoms with Crippen LogP contribution in [0.2, 0.25) is 0 Å². The zero-order chi connectivity index (χ0) is 75.3. The molecule has 8 N–H and O–H groups in total. The van der Waals surface area contributed by atoms with Gasteiger partial charge in [0.25, 0.3) is 11.8 Å². The number of ether oxygens (including phenoxy) is 17. The number of unbranched alkanes of at least 4 members (excludes halogenated alkanes) is 1. The molecule has 0 aliphatic heterocycles. The molecule has 0 spiro atoms. The van der Waals surface area contributed by atoms with Gasteiger partial charge in [0.15, 0.2) is 0 Å². The average Bonchev–Trinajstić information content (AvgIpc) is 0.852. The average molecular weight is 1480 g/mol. The standard InChI is InChI=1S/C67H116N10O26/c1-66(2,3)76(64(83)84)74-57-13-11-54(52-71-57)61(80)69-18-22-90-26-30-94-34-38-98-42-46-102-50-48-100-44-40-96-36-32-92-28-24-88-20-15-59(78)68-17-9-8-10-56(63(82)87-7)73-60(79)16-21-89-25-29-93-33-37-97-41-45-101-49-51-103-47-43-99-39-35-95-31-27-91-23-19-70-62(81)55-12-14-58(72-53-55)75-77(65(85)86)67(4,5)6/h11-14,52-53,56H,8-10,15-51H2,1-7H3,(H,68,78)(H,69,80)(H,70,81)(H,71,74)(H,72,75)(H,73,79)(H,83,84)(H,85,86)/t56-/m0/s1. The maximum absolute atomic E-state index is 12.5. The monoisotopic (exact) mass is 1480 g/mol. The molecule has 0 aliphatic rings. The molecule has 103 heavy (non-hydrogen) atoms. The molecule has 36 nitrogen and oxygen atoms in total. The van der Waals surface area contributed by atoms with Gasteiger partial charge in [0, 0.05) is 44.9 Å². The molecule has 1 atom stereocenters. The van der Waals surface area contributed by atoms with Crippen molar-refractivity contribution in [2.45, 2.75) is 90.8 Å². The maximum atomic E-state index is 12.5. The number of carbonyl (C=O) groups excluding carboxylic acids is 5. The van der Waals surface area contributed by atoms with Gasteiger partial charge in [-0.1, -0.05) is 0 Å². The van der Waals surface area contributed by atoms with E-state index in [1.54, 1.807) is 53.7 Å². The van der Waals surface area contributed by atoms with Crippen molar-refractivity contribution in [2.75, 3.05) is 249 Å². The Balaban J connectivity index is 1.25. The van der Waals surface area contributed by atoms with E-state index in [1.165, 1.54) is 31.6 Å². The lowest BCUT2D eigenvalue weighted by atomic mass is 10.1. The van der Waals surface area contributed by atoms with Gasteiger partial charge in [0.2, 0.25) is 11.8 Å². The van der Waals surface area contributed by atoms with Gasteiger partial charge in [-0.2, -0.15) is 0 Å². The molecule has 36 heteroatoms. The number of methoxy groups -OCH3 is 1. The molecule has 590 valence electrons. The van der Waals surface area contributed by atoms with Crippen LogP contribution in [0.15, 0.2) is 36.7 Å². The van der Waals surface area contributed by atoms with Crippen molar-refractivity contribution in [1.82, 2.24) is 41.3 Å². The first kappa shape index (κ1) is 92.2. The molecule has 2 heterocycles. The molecule has 2 aromatic rings. The summed E-state index contributed by atoms with van der Waals surface area (Å²) in [7, 11) is 1.26. The number of rotatable bonds is 67. The first-order valence-electron chi connectivity index (χ1n) is 34.7. The fourth-order valence-electron chi connectivity index (χ4n) is 8.16. The summed E-state index contributed by atoms with van der Waals surface area (Å²) in [6.07, 6.45) is 2.15. The van der Waals surface area contributed by atoms with E-state index in [-0.39, 0.29) is 62.8 Å². The lowest BCUT2D eigenvalue weighted by molar-refractivity contribution is -0.145. The number of nitrogens with one attached hydrogen (secondary N) is 6. The van der Waals surface area contributed by atoms with Gasteiger partial charge < -0.3 is 112 Å². The third kappa shape index (κ3) is 51.1. The molecule has 2 rings (SSSR count). The number of esters is 1. The molecule has 0 saturated heterocycles. The van der Waals surface area contributed by atoms with Gasteiger partial charge in [-0.05, 0) is 85.1 Å². The number of anilines is 2. The second kappa shape index (κ2) is 60.4. The van der Waals surface area contributed by atoms with E-state index in [4.69, 9.17) is 80.5 Å². The van der Waals surface area contributed by atoms with Gasteiger partial charge in [-0.15, -0.1) is 0 Å². The first-order valence-corrected chi connectivity index (χ1v) is 34.7. The van der Waals surface area contributed by atoms with Crippen LogP contribution in [0.3, 0.4) is 0 Å². The molecule has 0 radical (unpaired) electrons. The summed E-state index contributed by atoms with van der Waals surface area (Å²) >= 11 is 0. The molecule has 0 unspecified atom stereocenters. The van der Waals surface area contributed by atoms with Crippen LogP contribution in [0.4, 0.5) is 21.2 Å². The van der Waals surface area contributed by atoms with Crippen molar-refractivity contribution < 1.29 is 124 Å². The molecule has 0 aliphatic carbocycles. The normalized spacial score (nSPS) is 11.8. The Morgan fingerprint density at radius 2 is 0.660 bits per heavy atom. The number of hydrogen-bond donors (Lipinski definition) is 8. The van der Waals surface area contributed by atoms with E-state index in [0.29, 0.717) is 247 Å². The second-order valence-electron chi connectivity index (χ2n) is 24.0. The van der Waals surface area contributed by atoms with E-state index >= 15 is 0 Å². The van der Waals surface area contributed by atoms with Crippen molar-refractivity contribution in [3.05, 3.63) is 47.8 Å². The summed E-state index contributed by atoms with van der Waals surface area (Å²) in [4.78, 5) is 93.3. The molecule has 0 saturated carbocycles. The van der Waals surface area contributed by atoms with Crippen molar-refractivity contribution in [2.24, 2.45) is 0 Å². The van der Waals surface area contributed by atoms with Gasteiger partial charge in [0.05, 0.1) is 241 Å². The summed E-state index contributed by atoms with van der Waals surface area (Å²) < 4.78 is 93.0. The van der Waals surface area contributed by atoms with E-state index in [9.17, 15) is 43.8 Å². The van der Waals surface area contributed by atoms with Crippen LogP contribution in [0.5, 0.6) is 0 Å². The highest BCUT2D eigenvalue weighted by Gasteiger charge is 2.28. The topological polar surface area (TPSA) is 421 Å². The maximum Gasteiger partial charge on any atom is 0.426 e. The third-order valence-electron chi connectivity index (χ3n) is 13.5. The quantitative estimate of drug-likeness (QED) is 0.0268. The van der Waals surface area contributed by atoms with E-state index < -0.39 is 35.3 Å². The lowest BCUT2D eigenvalue weighted by Gasteiger charge is -2.33. The SMILES string of the molecule is COC(=O)[C@H](CCCCNC(=O)CCOCCOCCOCCOCCOCCOCCOCCOCCNC(=O)c1ccc(NN(C(=O)O)C(C)(C)C)nc1)NC(=O)CCOCCOCCOCCOCCOCCOCCOCCOCCNC(=O)c1ccc(NN(C(=O)O)C(C)(C)C)nc1. The summed E-state index contributed by atoms with van der Waals surface area (Å²) in [5, 5.41) is 31.9. The van der Waals surface area contributed by atoms with Crippen molar-refractivity contribution >= 4 is 53.4 Å². The number of pyridine rings is 2. The highest BCUT2D eigenvalue weighted by Crippen LogP contribution is 2.18. The Labute approximate surface area is 604 Å². The highest BCUT2D eigenvalue weighted by molar-refractivity contribution is 5.94. The molecular formula is C67H116N10O26. The zero-order valence-electron chi connectivity index (χ0n) is 61.3. The van der Waals surface area contributed by atoms with E-state index in [0.717, 1.165) is 10.0 Å². The molecule has 6 amide bonds. The Hall–Kier alpha value is -6.85. The molecule has 0 bridgehead atoms. The number of aromatic nitrogens is 2. The minimum Gasteiger partial charge on any atom is -0.467 e. The fraction of sp³-hybridized carbons (Fsp3) is 0.746. The number of carbonyl (C=O) groups is 7. The minimum atomic E-state index is -1.15. The molecule has 0 fully saturated rings. The number of amides is 6. The number of hydrazine groups is 2. The van der Waals surface area contributed by atoms with Crippen LogP contribution in [-0.4, -0.2) is 327 Å². The zero-order valence-corrected chi connectivity index (χ0v) is 61.3. The second-order valence-corrected chi connectivity index (χ2v) is 24.0. The van der Waals surface area contributed by atoms with E-state index in [1.807, 2.05) is 0 Å². The number of nitrogens with zero attached hydrogens (tertiary/aromatic N) is 4. The molecule has 0 aromatic carbocycles. The van der Waals surface area contributed by atoms with E-state index in [2.05, 4.69) is 42.1 Å². The Morgan fingerprint density at radius 3 is 0.922 bits per heavy atom. The van der Waals surface area contributed by atoms with Crippen molar-refractivity contribution in [3.63, 3.8) is 0 Å². The van der Waals surface area contributed by atoms with Crippen LogP contribution in [0, 0.1) is 0 Å². The predicted molar refractivity (Wildman–Crippen MR) is 373 cm³/mol. The number of hydrogen-bond acceptors (Lipinski definition) is 28. The van der Waals surface area contributed by atoms with Crippen LogP contribution in [0.1, 0.15) is 94.4 Å². The minimum absolute atomic E-state index is 0.0490. The fourth-order valence-corrected chi connectivity index (χ4v) is 8.16.